The van der Waals surface area contributed by atoms with E-state index >= 15 is 0 Å². The minimum atomic E-state index is -0.364. The van der Waals surface area contributed by atoms with Gasteiger partial charge in [0.2, 0.25) is 5.91 Å². The van der Waals surface area contributed by atoms with E-state index in [9.17, 15) is 4.79 Å². The molecule has 1 aliphatic carbocycles. The molecule has 0 atom stereocenters. The van der Waals surface area contributed by atoms with Crippen molar-refractivity contribution in [1.29, 1.82) is 0 Å². The van der Waals surface area contributed by atoms with Gasteiger partial charge in [0.25, 0.3) is 0 Å². The maximum Gasteiger partial charge on any atom is 0.248 e. The number of hydrogen-bond acceptors (Lipinski definition) is 1. The monoisotopic (exact) mass is 248 g/mol. The summed E-state index contributed by atoms with van der Waals surface area (Å²) in [7, 11) is 0. The predicted octanol–water partition coefficient (Wildman–Crippen LogP) is 1.56. The summed E-state index contributed by atoms with van der Waals surface area (Å²) in [6.45, 7) is 0. The highest BCUT2D eigenvalue weighted by atomic mass is 16.1. The fraction of sp³-hybridized carbons (Fsp3) is 0.0625. The molecule has 0 saturated carbocycles. The molecule has 3 nitrogen and oxygen atoms in total. The first-order chi connectivity index (χ1) is 9.24. The summed E-state index contributed by atoms with van der Waals surface area (Å²) in [5, 5.41) is 3.53. The summed E-state index contributed by atoms with van der Waals surface area (Å²) < 4.78 is 2.15. The summed E-state index contributed by atoms with van der Waals surface area (Å²) in [5.41, 5.74) is 8.39. The van der Waals surface area contributed by atoms with Gasteiger partial charge in [-0.15, -0.1) is 0 Å². The normalized spacial score (nSPS) is 14.2. The van der Waals surface area contributed by atoms with Gasteiger partial charge in [0.05, 0.1) is 5.52 Å². The molecule has 19 heavy (non-hydrogen) atoms. The quantitative estimate of drug-likeness (QED) is 0.698. The zero-order valence-electron chi connectivity index (χ0n) is 10.3. The van der Waals surface area contributed by atoms with Gasteiger partial charge < -0.3 is 10.1 Å². The van der Waals surface area contributed by atoms with Crippen molar-refractivity contribution in [1.82, 2.24) is 4.40 Å². The summed E-state index contributed by atoms with van der Waals surface area (Å²) in [4.78, 5) is 11.3. The Balaban J connectivity index is 2.11. The molecule has 0 unspecified atom stereocenters. The maximum absolute atomic E-state index is 11.3. The molecule has 1 aliphatic rings. The van der Waals surface area contributed by atoms with E-state index in [1.54, 1.807) is 0 Å². The standard InChI is InChI=1S/C16H12N2O/c17-16(19)11-6-5-10-7-15-13-4-2-1-3-12(13)9-18(15)14(10)8-11/h1-4,6-9H,5H2,(H2,17,19). The van der Waals surface area contributed by atoms with Gasteiger partial charge in [0.1, 0.15) is 0 Å². The third-order valence-electron chi connectivity index (χ3n) is 3.78. The minimum Gasteiger partial charge on any atom is -0.366 e. The number of benzene rings is 1. The van der Waals surface area contributed by atoms with E-state index in [0.29, 0.717) is 5.57 Å². The zero-order chi connectivity index (χ0) is 13.0. The number of fused-ring (bicyclic) bond motifs is 5. The molecule has 0 radical (unpaired) electrons. The van der Waals surface area contributed by atoms with Crippen LogP contribution in [0.3, 0.4) is 0 Å². The fourth-order valence-corrected chi connectivity index (χ4v) is 2.85. The van der Waals surface area contributed by atoms with Gasteiger partial charge >= 0.3 is 0 Å². The molecule has 0 spiro atoms. The van der Waals surface area contributed by atoms with Crippen LogP contribution in [-0.4, -0.2) is 10.3 Å². The molecule has 2 N–H and O–H groups in total. The number of carbonyl (C=O) groups is 1. The fourth-order valence-electron chi connectivity index (χ4n) is 2.85. The number of hydrogen-bond donors (Lipinski definition) is 1. The third-order valence-corrected chi connectivity index (χ3v) is 3.78. The average Bonchev–Trinajstić information content (AvgIpc) is 2.94. The van der Waals surface area contributed by atoms with Crippen LogP contribution >= 0.6 is 0 Å². The number of carbonyl (C=O) groups excluding carboxylic acids is 1. The molecule has 2 heterocycles. The number of nitrogens with zero attached hydrogens (tertiary/aromatic N) is 1. The van der Waals surface area contributed by atoms with Crippen LogP contribution in [0.2, 0.25) is 0 Å². The lowest BCUT2D eigenvalue weighted by molar-refractivity contribution is -0.114. The first kappa shape index (κ1) is 10.4. The van der Waals surface area contributed by atoms with Gasteiger partial charge in [-0.2, -0.15) is 0 Å². The Hall–Kier alpha value is -2.55. The highest BCUT2D eigenvalue weighted by Crippen LogP contribution is 2.23. The Bertz CT molecular complexity index is 915. The average molecular weight is 248 g/mol. The summed E-state index contributed by atoms with van der Waals surface area (Å²) >= 11 is 0. The van der Waals surface area contributed by atoms with Gasteiger partial charge in [-0.1, -0.05) is 30.3 Å². The van der Waals surface area contributed by atoms with Crippen LogP contribution in [0.25, 0.3) is 22.4 Å². The van der Waals surface area contributed by atoms with Gasteiger partial charge in [-0.3, -0.25) is 4.79 Å². The maximum atomic E-state index is 11.3. The lowest BCUT2D eigenvalue weighted by Gasteiger charge is -2.03. The van der Waals surface area contributed by atoms with Crippen LogP contribution in [0.1, 0.15) is 5.56 Å². The first-order valence-corrected chi connectivity index (χ1v) is 6.27. The van der Waals surface area contributed by atoms with Gasteiger partial charge in [0.15, 0.2) is 0 Å². The van der Waals surface area contributed by atoms with Crippen molar-refractivity contribution >= 4 is 28.3 Å². The number of primary amides is 1. The van der Waals surface area contributed by atoms with E-state index < -0.39 is 0 Å². The van der Waals surface area contributed by atoms with E-state index in [4.69, 9.17) is 5.73 Å². The molecular formula is C16H12N2O. The van der Waals surface area contributed by atoms with E-state index in [0.717, 1.165) is 11.8 Å². The number of rotatable bonds is 1. The number of allylic oxidation sites excluding steroid dienone is 1. The molecule has 0 bridgehead atoms. The molecule has 1 aromatic carbocycles. The van der Waals surface area contributed by atoms with Crippen LogP contribution in [0.15, 0.2) is 48.2 Å². The Morgan fingerprint density at radius 2 is 2.11 bits per heavy atom. The van der Waals surface area contributed by atoms with Crippen molar-refractivity contribution in [2.24, 2.45) is 5.73 Å². The SMILES string of the molecule is NC(=O)C1=CCc2cc3c4ccccc4cn3c2=C1. The minimum absolute atomic E-state index is 0.364. The molecule has 0 aliphatic heterocycles. The van der Waals surface area contributed by atoms with Crippen LogP contribution < -0.4 is 11.1 Å². The topological polar surface area (TPSA) is 47.5 Å². The van der Waals surface area contributed by atoms with Gasteiger partial charge in [-0.05, 0) is 24.1 Å². The molecule has 3 aromatic rings. The molecule has 2 aromatic heterocycles. The van der Waals surface area contributed by atoms with E-state index in [1.807, 2.05) is 24.3 Å². The van der Waals surface area contributed by atoms with Crippen molar-refractivity contribution in [3.8, 4) is 0 Å². The molecule has 92 valence electrons. The molecule has 4 rings (SSSR count). The van der Waals surface area contributed by atoms with E-state index in [1.165, 1.54) is 21.9 Å². The highest BCUT2D eigenvalue weighted by Gasteiger charge is 2.13. The molecule has 1 amide bonds. The van der Waals surface area contributed by atoms with Gasteiger partial charge in [-0.25, -0.2) is 0 Å². The third kappa shape index (κ3) is 1.35. The highest BCUT2D eigenvalue weighted by molar-refractivity contribution is 6.02. The zero-order valence-corrected chi connectivity index (χ0v) is 10.3. The summed E-state index contributed by atoms with van der Waals surface area (Å²) in [6.07, 6.45) is 6.66. The Kier molecular flexibility index (Phi) is 1.90. The molecule has 3 heteroatoms. The lowest BCUT2D eigenvalue weighted by atomic mass is 10.0. The largest absolute Gasteiger partial charge is 0.366 e. The smallest absolute Gasteiger partial charge is 0.248 e. The number of nitrogens with two attached hydrogens (primary N) is 1. The van der Waals surface area contributed by atoms with Crippen molar-refractivity contribution in [2.45, 2.75) is 6.42 Å². The Morgan fingerprint density at radius 1 is 1.26 bits per heavy atom. The first-order valence-electron chi connectivity index (χ1n) is 6.27. The predicted molar refractivity (Wildman–Crippen MR) is 75.6 cm³/mol. The Labute approximate surface area is 109 Å². The number of amides is 1. The van der Waals surface area contributed by atoms with Crippen LogP contribution in [0.5, 0.6) is 0 Å². The summed E-state index contributed by atoms with van der Waals surface area (Å²) in [6, 6.07) is 10.5. The van der Waals surface area contributed by atoms with Crippen molar-refractivity contribution in [3.63, 3.8) is 0 Å². The molecular weight excluding hydrogens is 236 g/mol. The molecule has 0 saturated heterocycles. The molecule has 0 fully saturated rings. The van der Waals surface area contributed by atoms with Crippen LogP contribution in [0, 0.1) is 0 Å². The van der Waals surface area contributed by atoms with Crippen LogP contribution in [-0.2, 0) is 11.2 Å². The van der Waals surface area contributed by atoms with E-state index in [2.05, 4.69) is 28.8 Å². The van der Waals surface area contributed by atoms with Crippen molar-refractivity contribution in [3.05, 3.63) is 59.1 Å². The number of aromatic nitrogens is 1. The van der Waals surface area contributed by atoms with Crippen molar-refractivity contribution in [2.75, 3.05) is 0 Å². The van der Waals surface area contributed by atoms with Crippen molar-refractivity contribution < 1.29 is 4.79 Å². The second-order valence-corrected chi connectivity index (χ2v) is 4.90. The lowest BCUT2D eigenvalue weighted by Crippen LogP contribution is -2.21. The second-order valence-electron chi connectivity index (χ2n) is 4.90. The second kappa shape index (κ2) is 3.48. The Morgan fingerprint density at radius 3 is 2.95 bits per heavy atom. The van der Waals surface area contributed by atoms with E-state index in [-0.39, 0.29) is 5.91 Å². The summed E-state index contributed by atoms with van der Waals surface area (Å²) in [5.74, 6) is -0.364. The van der Waals surface area contributed by atoms with Crippen LogP contribution in [0.4, 0.5) is 0 Å². The van der Waals surface area contributed by atoms with Gasteiger partial charge in [0, 0.05) is 27.9 Å².